The Morgan fingerprint density at radius 3 is 3.00 bits per heavy atom. The van der Waals surface area contributed by atoms with Crippen molar-refractivity contribution in [2.24, 2.45) is 0 Å². The van der Waals surface area contributed by atoms with Gasteiger partial charge in [-0.05, 0) is 43.7 Å². The first-order chi connectivity index (χ1) is 15.2. The summed E-state index contributed by atoms with van der Waals surface area (Å²) in [6.07, 6.45) is 2.49. The molecule has 31 heavy (non-hydrogen) atoms. The van der Waals surface area contributed by atoms with Crippen molar-refractivity contribution in [3.05, 3.63) is 59.1 Å². The summed E-state index contributed by atoms with van der Waals surface area (Å²) in [5, 5.41) is 3.89. The Morgan fingerprint density at radius 2 is 2.16 bits per heavy atom. The van der Waals surface area contributed by atoms with E-state index in [9.17, 15) is 4.79 Å². The van der Waals surface area contributed by atoms with Gasteiger partial charge in [-0.3, -0.25) is 4.79 Å². The van der Waals surface area contributed by atoms with Crippen molar-refractivity contribution in [2.75, 3.05) is 31.8 Å². The summed E-state index contributed by atoms with van der Waals surface area (Å²) >= 11 is 1.44. The molecule has 0 fully saturated rings. The number of ether oxygens (including phenoxy) is 3. The van der Waals surface area contributed by atoms with Gasteiger partial charge in [0.1, 0.15) is 5.69 Å². The number of para-hydroxylation sites is 1. The number of methoxy groups -OCH3 is 1. The first-order valence-electron chi connectivity index (χ1n) is 10.2. The zero-order valence-electron chi connectivity index (χ0n) is 17.6. The van der Waals surface area contributed by atoms with Crippen LogP contribution in [0.1, 0.15) is 28.6 Å². The maximum Gasteiger partial charge on any atom is 0.261 e. The highest BCUT2D eigenvalue weighted by Gasteiger charge is 2.26. The fourth-order valence-electron chi connectivity index (χ4n) is 3.38. The number of rotatable bonds is 8. The van der Waals surface area contributed by atoms with Crippen LogP contribution in [0.4, 0.5) is 10.7 Å². The maximum atomic E-state index is 12.6. The van der Waals surface area contributed by atoms with Gasteiger partial charge in [-0.1, -0.05) is 12.1 Å². The minimum Gasteiger partial charge on any atom is -0.493 e. The molecule has 2 aromatic heterocycles. The molecule has 4 rings (SSSR count). The van der Waals surface area contributed by atoms with Crippen LogP contribution in [0, 0.1) is 0 Å². The van der Waals surface area contributed by atoms with E-state index in [1.807, 2.05) is 49.4 Å². The van der Waals surface area contributed by atoms with Gasteiger partial charge in [0.15, 0.2) is 11.5 Å². The number of thiophene rings is 1. The second-order valence-corrected chi connectivity index (χ2v) is 7.97. The second kappa shape index (κ2) is 9.80. The summed E-state index contributed by atoms with van der Waals surface area (Å²) in [4.78, 5) is 19.8. The predicted molar refractivity (Wildman–Crippen MR) is 121 cm³/mol. The number of carbonyl (C=O) groups excluding carboxylic acids is 1. The number of nitrogens with zero attached hydrogens (tertiary/aromatic N) is 2. The number of hydrogen-bond donors (Lipinski definition) is 1. The van der Waals surface area contributed by atoms with Crippen LogP contribution >= 0.6 is 11.3 Å². The fourth-order valence-corrected chi connectivity index (χ4v) is 4.32. The van der Waals surface area contributed by atoms with E-state index in [0.717, 1.165) is 22.7 Å². The molecule has 1 aromatic carbocycles. The highest BCUT2D eigenvalue weighted by molar-refractivity contribution is 7.18. The molecule has 3 heterocycles. The average Bonchev–Trinajstić information content (AvgIpc) is 3.22. The molecule has 0 bridgehead atoms. The number of aromatic nitrogens is 1. The molecule has 0 unspecified atom stereocenters. The van der Waals surface area contributed by atoms with Gasteiger partial charge < -0.3 is 24.4 Å². The summed E-state index contributed by atoms with van der Waals surface area (Å²) in [7, 11) is 1.62. The van der Waals surface area contributed by atoms with Crippen molar-refractivity contribution in [2.45, 2.75) is 19.9 Å². The molecule has 0 saturated carbocycles. The van der Waals surface area contributed by atoms with E-state index in [-0.39, 0.29) is 5.91 Å². The van der Waals surface area contributed by atoms with Gasteiger partial charge in [0.2, 0.25) is 5.88 Å². The molecular formula is C23H25N3O4S. The number of anilines is 2. The number of nitrogens with one attached hydrogen (secondary N) is 1. The molecule has 0 aliphatic carbocycles. The van der Waals surface area contributed by atoms with Gasteiger partial charge in [0.05, 0.1) is 23.5 Å². The minimum absolute atomic E-state index is 0.0766. The van der Waals surface area contributed by atoms with E-state index < -0.39 is 0 Å². The largest absolute Gasteiger partial charge is 0.493 e. The molecule has 8 heteroatoms. The van der Waals surface area contributed by atoms with E-state index in [0.29, 0.717) is 48.6 Å². The van der Waals surface area contributed by atoms with E-state index in [4.69, 9.17) is 14.2 Å². The van der Waals surface area contributed by atoms with Gasteiger partial charge in [-0.25, -0.2) is 4.98 Å². The number of amides is 1. The summed E-state index contributed by atoms with van der Waals surface area (Å²) in [5.41, 5.74) is 1.82. The van der Waals surface area contributed by atoms with Crippen molar-refractivity contribution in [3.63, 3.8) is 0 Å². The lowest BCUT2D eigenvalue weighted by Gasteiger charge is -2.21. The third-order valence-electron chi connectivity index (χ3n) is 4.89. The Hall–Kier alpha value is -3.10. The monoisotopic (exact) mass is 439 g/mol. The van der Waals surface area contributed by atoms with Gasteiger partial charge in [-0.15, -0.1) is 11.3 Å². The van der Waals surface area contributed by atoms with Crippen LogP contribution in [-0.4, -0.2) is 37.8 Å². The topological polar surface area (TPSA) is 72.9 Å². The van der Waals surface area contributed by atoms with E-state index in [2.05, 4.69) is 15.2 Å². The molecule has 3 aromatic rings. The smallest absolute Gasteiger partial charge is 0.261 e. The van der Waals surface area contributed by atoms with Crippen molar-refractivity contribution in [1.82, 2.24) is 10.3 Å². The van der Waals surface area contributed by atoms with Gasteiger partial charge >= 0.3 is 0 Å². The fraction of sp³-hybridized carbons (Fsp3) is 0.304. The highest BCUT2D eigenvalue weighted by atomic mass is 32.1. The predicted octanol–water partition coefficient (Wildman–Crippen LogP) is 4.75. The molecule has 7 nitrogen and oxygen atoms in total. The third kappa shape index (κ3) is 4.65. The van der Waals surface area contributed by atoms with Crippen molar-refractivity contribution in [3.8, 4) is 17.4 Å². The van der Waals surface area contributed by atoms with E-state index in [1.54, 1.807) is 13.3 Å². The highest BCUT2D eigenvalue weighted by Crippen LogP contribution is 2.45. The molecule has 1 amide bonds. The van der Waals surface area contributed by atoms with Crippen molar-refractivity contribution in [1.29, 1.82) is 0 Å². The summed E-state index contributed by atoms with van der Waals surface area (Å²) in [6, 6.07) is 13.5. The first-order valence-corrected chi connectivity index (χ1v) is 11.0. The van der Waals surface area contributed by atoms with Crippen LogP contribution in [0.15, 0.2) is 48.7 Å². The van der Waals surface area contributed by atoms with Gasteiger partial charge in [-0.2, -0.15) is 0 Å². The SMILES string of the molecule is CCOCCCNC(=O)c1ccc(N2Cc3cccc(OC)c3Oc3ncccc32)s1. The number of benzene rings is 1. The Labute approximate surface area is 185 Å². The second-order valence-electron chi connectivity index (χ2n) is 6.91. The van der Waals surface area contributed by atoms with Crippen molar-refractivity contribution >= 4 is 27.9 Å². The van der Waals surface area contributed by atoms with E-state index in [1.165, 1.54) is 11.3 Å². The number of carbonyl (C=O) groups is 1. The zero-order valence-corrected chi connectivity index (χ0v) is 18.4. The van der Waals surface area contributed by atoms with Crippen LogP contribution in [0.2, 0.25) is 0 Å². The van der Waals surface area contributed by atoms with Crippen LogP contribution in [0.3, 0.4) is 0 Å². The third-order valence-corrected chi connectivity index (χ3v) is 5.99. The molecule has 162 valence electrons. The lowest BCUT2D eigenvalue weighted by molar-refractivity contribution is 0.0948. The Kier molecular flexibility index (Phi) is 6.69. The molecule has 1 aliphatic rings. The van der Waals surface area contributed by atoms with Crippen molar-refractivity contribution < 1.29 is 19.0 Å². The number of fused-ring (bicyclic) bond motifs is 2. The lowest BCUT2D eigenvalue weighted by Crippen LogP contribution is -2.24. The van der Waals surface area contributed by atoms with Crippen LogP contribution in [-0.2, 0) is 11.3 Å². The first kappa shape index (κ1) is 21.1. The Bertz CT molecular complexity index is 1050. The van der Waals surface area contributed by atoms with E-state index >= 15 is 0 Å². The molecular weight excluding hydrogens is 414 g/mol. The molecule has 1 N–H and O–H groups in total. The summed E-state index contributed by atoms with van der Waals surface area (Å²) in [5.74, 6) is 1.75. The Balaban J connectivity index is 1.58. The van der Waals surface area contributed by atoms with Crippen LogP contribution < -0.4 is 19.7 Å². The molecule has 0 saturated heterocycles. The van der Waals surface area contributed by atoms with Crippen LogP contribution in [0.5, 0.6) is 17.4 Å². The molecule has 0 spiro atoms. The maximum absolute atomic E-state index is 12.6. The lowest BCUT2D eigenvalue weighted by atomic mass is 10.1. The summed E-state index contributed by atoms with van der Waals surface area (Å²) < 4.78 is 17.0. The zero-order chi connectivity index (χ0) is 21.6. The standard InChI is InChI=1S/C23H25N3O4S/c1-3-29-14-6-13-24-22(27)19-10-11-20(31-19)26-15-16-7-4-9-18(28-2)21(16)30-23-17(26)8-5-12-25-23/h4-5,7-12H,3,6,13-15H2,1-2H3,(H,24,27). The van der Waals surface area contributed by atoms with Crippen LogP contribution in [0.25, 0.3) is 0 Å². The Morgan fingerprint density at radius 1 is 1.26 bits per heavy atom. The number of hydrogen-bond acceptors (Lipinski definition) is 7. The van der Waals surface area contributed by atoms with Gasteiger partial charge in [0.25, 0.3) is 5.91 Å². The molecule has 0 atom stereocenters. The normalized spacial score (nSPS) is 12.4. The quantitative estimate of drug-likeness (QED) is 0.511. The molecule has 0 radical (unpaired) electrons. The minimum atomic E-state index is -0.0766. The average molecular weight is 440 g/mol. The van der Waals surface area contributed by atoms with Gasteiger partial charge in [0, 0.05) is 31.5 Å². The summed E-state index contributed by atoms with van der Waals surface area (Å²) in [6.45, 7) is 4.45. The number of pyridine rings is 1. The molecule has 1 aliphatic heterocycles.